The Balaban J connectivity index is 1.35. The maximum Gasteiger partial charge on any atom is 0.187 e. The Hall–Kier alpha value is -0.780. The van der Waals surface area contributed by atoms with Gasteiger partial charge in [0.25, 0.3) is 0 Å². The van der Waals surface area contributed by atoms with Crippen LogP contribution in [-0.2, 0) is 18.9 Å². The zero-order chi connectivity index (χ0) is 40.6. The highest BCUT2D eigenvalue weighted by atomic mass is 16.8. The lowest BCUT2D eigenvalue weighted by Gasteiger charge is -2.71. The molecule has 2 saturated heterocycles. The third-order valence-corrected chi connectivity index (χ3v) is 16.5. The van der Waals surface area contributed by atoms with E-state index in [4.69, 9.17) is 18.9 Å². The van der Waals surface area contributed by atoms with E-state index in [0.717, 1.165) is 37.7 Å². The summed E-state index contributed by atoms with van der Waals surface area (Å²) in [5.41, 5.74) is -1.46. The van der Waals surface area contributed by atoms with Gasteiger partial charge in [0.05, 0.1) is 30.5 Å². The summed E-state index contributed by atoms with van der Waals surface area (Å²) in [5, 5.41) is 99.2. The Bertz CT molecular complexity index is 1370. The first-order chi connectivity index (χ1) is 25.6. The molecule has 6 rings (SSSR count). The smallest absolute Gasteiger partial charge is 0.187 e. The van der Waals surface area contributed by atoms with Crippen LogP contribution in [0.4, 0.5) is 0 Å². The number of fused-ring (bicyclic) bond motifs is 5. The fourth-order valence-corrected chi connectivity index (χ4v) is 13.5. The fraction of sp³-hybridized carbons (Fsp3) is 0.952. The Morgan fingerprint density at radius 1 is 0.818 bits per heavy atom. The summed E-state index contributed by atoms with van der Waals surface area (Å²) in [4.78, 5) is 0. The Kier molecular flexibility index (Phi) is 12.5. The van der Waals surface area contributed by atoms with Gasteiger partial charge in [-0.15, -0.1) is 0 Å². The average Bonchev–Trinajstić information content (AvgIpc) is 3.49. The van der Waals surface area contributed by atoms with E-state index in [2.05, 4.69) is 33.8 Å². The number of hydrogen-bond donors (Lipinski definition) is 9. The molecule has 0 aromatic rings. The van der Waals surface area contributed by atoms with Crippen LogP contribution < -0.4 is 0 Å². The molecule has 55 heavy (non-hydrogen) atoms. The molecule has 0 amide bonds. The Morgan fingerprint density at radius 2 is 1.51 bits per heavy atom. The number of aliphatic hydroxyl groups excluding tert-OH is 9. The van der Waals surface area contributed by atoms with Gasteiger partial charge in [-0.1, -0.05) is 39.3 Å². The summed E-state index contributed by atoms with van der Waals surface area (Å²) in [6.45, 7) is 15.7. The molecular weight excluding hydrogens is 712 g/mol. The molecule has 318 valence electrons. The fourth-order valence-electron chi connectivity index (χ4n) is 13.5. The van der Waals surface area contributed by atoms with Crippen LogP contribution in [0, 0.1) is 45.3 Å². The first kappa shape index (κ1) is 43.8. The molecular formula is C42H72O13. The van der Waals surface area contributed by atoms with Crippen molar-refractivity contribution in [3.8, 4) is 0 Å². The van der Waals surface area contributed by atoms with Crippen LogP contribution >= 0.6 is 0 Å². The van der Waals surface area contributed by atoms with Crippen LogP contribution in [0.1, 0.15) is 113 Å². The summed E-state index contributed by atoms with van der Waals surface area (Å²) >= 11 is 0. The van der Waals surface area contributed by atoms with Crippen LogP contribution in [0.25, 0.3) is 0 Å². The van der Waals surface area contributed by atoms with Crippen molar-refractivity contribution in [2.45, 2.75) is 192 Å². The van der Waals surface area contributed by atoms with Crippen molar-refractivity contribution in [3.05, 3.63) is 11.6 Å². The monoisotopic (exact) mass is 784 g/mol. The van der Waals surface area contributed by atoms with Gasteiger partial charge in [0.1, 0.15) is 42.7 Å². The highest BCUT2D eigenvalue weighted by Crippen LogP contribution is 2.76. The maximum absolute atomic E-state index is 12.1. The molecule has 0 unspecified atom stereocenters. The molecule has 2 heterocycles. The highest BCUT2D eigenvalue weighted by Gasteiger charge is 2.73. The second kappa shape index (κ2) is 15.7. The predicted molar refractivity (Wildman–Crippen MR) is 201 cm³/mol. The normalized spacial score (nSPS) is 52.0. The van der Waals surface area contributed by atoms with Crippen LogP contribution in [0.2, 0.25) is 0 Å². The average molecular weight is 785 g/mol. The van der Waals surface area contributed by atoms with E-state index < -0.39 is 96.7 Å². The lowest BCUT2D eigenvalue weighted by molar-refractivity contribution is -0.379. The molecule has 6 aliphatic rings. The van der Waals surface area contributed by atoms with Gasteiger partial charge in [-0.05, 0) is 125 Å². The highest BCUT2D eigenvalue weighted by molar-refractivity contribution is 5.21. The van der Waals surface area contributed by atoms with Crippen molar-refractivity contribution in [1.82, 2.24) is 0 Å². The second-order valence-corrected chi connectivity index (χ2v) is 20.0. The SMILES string of the molecule is CC(C)=CCC[C@@](C)(O[C@H]1O[C@@H](CO)[C@H](O)[C@@H](O)[C@@H]1O[C@H]1O[C@@H](C)[C@H](O)[C@@H](O)[C@@H]1O)[C@H]1CC[C@]2(C)[C@@H]1CC[C@@H]1[C@@]3(C)CC[C@H](O)C(C)(C)[C@@H]3[C@@H](O)C[C@]12CO. The van der Waals surface area contributed by atoms with Gasteiger partial charge >= 0.3 is 0 Å². The van der Waals surface area contributed by atoms with E-state index in [-0.39, 0.29) is 41.1 Å². The maximum atomic E-state index is 12.1. The van der Waals surface area contributed by atoms with Crippen molar-refractivity contribution >= 4 is 0 Å². The van der Waals surface area contributed by atoms with Gasteiger partial charge in [-0.2, -0.15) is 0 Å². The molecule has 2 aliphatic heterocycles. The minimum atomic E-state index is -1.68. The predicted octanol–water partition coefficient (Wildman–Crippen LogP) is 2.15. The molecule has 0 aromatic carbocycles. The number of ether oxygens (including phenoxy) is 4. The van der Waals surface area contributed by atoms with Crippen molar-refractivity contribution in [2.75, 3.05) is 13.2 Å². The molecule has 4 aliphatic carbocycles. The van der Waals surface area contributed by atoms with Crippen LogP contribution in [-0.4, -0.2) is 138 Å². The molecule has 13 heteroatoms. The largest absolute Gasteiger partial charge is 0.396 e. The van der Waals surface area contributed by atoms with Gasteiger partial charge < -0.3 is 64.9 Å². The van der Waals surface area contributed by atoms with Gasteiger partial charge in [-0.25, -0.2) is 0 Å². The molecule has 13 nitrogen and oxygen atoms in total. The molecule has 6 fully saturated rings. The van der Waals surface area contributed by atoms with E-state index >= 15 is 0 Å². The number of rotatable bonds is 10. The molecule has 9 N–H and O–H groups in total. The van der Waals surface area contributed by atoms with Crippen LogP contribution in [0.5, 0.6) is 0 Å². The molecule has 20 atom stereocenters. The van der Waals surface area contributed by atoms with E-state index in [1.54, 1.807) is 0 Å². The zero-order valence-corrected chi connectivity index (χ0v) is 34.3. The van der Waals surface area contributed by atoms with Crippen molar-refractivity contribution < 1.29 is 64.9 Å². The van der Waals surface area contributed by atoms with Crippen molar-refractivity contribution in [1.29, 1.82) is 0 Å². The Morgan fingerprint density at radius 3 is 2.15 bits per heavy atom. The number of allylic oxidation sites excluding steroid dienone is 2. The van der Waals surface area contributed by atoms with E-state index in [0.29, 0.717) is 25.7 Å². The molecule has 4 saturated carbocycles. The topological polar surface area (TPSA) is 219 Å². The number of hydrogen-bond acceptors (Lipinski definition) is 13. The summed E-state index contributed by atoms with van der Waals surface area (Å²) in [7, 11) is 0. The Labute approximate surface area is 327 Å². The van der Waals surface area contributed by atoms with E-state index in [9.17, 15) is 46.0 Å². The molecule has 0 bridgehead atoms. The lowest BCUT2D eigenvalue weighted by atomic mass is 9.34. The zero-order valence-electron chi connectivity index (χ0n) is 34.3. The standard InChI is InChI=1S/C42H72O13/c1-21(2)10-9-15-41(8,55-37-34(32(50)30(48)26(19-43)53-37)54-36-33(51)31(49)29(47)22(3)52-36)24-13-17-40(7)23(24)11-12-27-39(6)16-14-28(46)38(4,5)35(39)25(45)18-42(27,40)20-44/h10,22-37,43-51H,9,11-20H2,1-8H3/t22-,23+,24-,25-,26-,27+,28-,29-,30-,31+,32+,33-,34-,35-,36+,37+,39+,40+,41+,42-/m0/s1. The van der Waals surface area contributed by atoms with E-state index in [1.807, 2.05) is 20.8 Å². The molecule has 0 radical (unpaired) electrons. The first-order valence-corrected chi connectivity index (χ1v) is 20.9. The van der Waals surface area contributed by atoms with Crippen molar-refractivity contribution in [2.24, 2.45) is 45.3 Å². The lowest BCUT2D eigenvalue weighted by Crippen LogP contribution is -2.69. The summed E-state index contributed by atoms with van der Waals surface area (Å²) in [6, 6.07) is 0. The van der Waals surface area contributed by atoms with Gasteiger partial charge in [0.2, 0.25) is 0 Å². The van der Waals surface area contributed by atoms with Gasteiger partial charge in [-0.3, -0.25) is 0 Å². The molecule has 0 aromatic heterocycles. The van der Waals surface area contributed by atoms with Crippen molar-refractivity contribution in [3.63, 3.8) is 0 Å². The van der Waals surface area contributed by atoms with Crippen LogP contribution in [0.15, 0.2) is 11.6 Å². The van der Waals surface area contributed by atoms with Crippen LogP contribution in [0.3, 0.4) is 0 Å². The third-order valence-electron chi connectivity index (χ3n) is 16.5. The van der Waals surface area contributed by atoms with E-state index in [1.165, 1.54) is 6.92 Å². The number of aliphatic hydroxyl groups is 9. The quantitative estimate of drug-likeness (QED) is 0.145. The molecule has 0 spiro atoms. The summed E-state index contributed by atoms with van der Waals surface area (Å²) in [5.74, 6) is 0.0519. The minimum absolute atomic E-state index is 0.0539. The third kappa shape index (κ3) is 7.00. The van der Waals surface area contributed by atoms with Gasteiger partial charge in [0.15, 0.2) is 12.6 Å². The minimum Gasteiger partial charge on any atom is -0.396 e. The van der Waals surface area contributed by atoms with Gasteiger partial charge in [0, 0.05) is 12.0 Å². The summed E-state index contributed by atoms with van der Waals surface area (Å²) in [6.07, 6.45) is -6.86. The first-order valence-electron chi connectivity index (χ1n) is 20.9. The summed E-state index contributed by atoms with van der Waals surface area (Å²) < 4.78 is 25.1. The second-order valence-electron chi connectivity index (χ2n) is 20.0.